The Morgan fingerprint density at radius 2 is 2.00 bits per heavy atom. The first-order valence-electron chi connectivity index (χ1n) is 12.0. The van der Waals surface area contributed by atoms with Crippen LogP contribution in [-0.2, 0) is 11.8 Å². The van der Waals surface area contributed by atoms with Crippen LogP contribution < -0.4 is 15.8 Å². The fourth-order valence-corrected chi connectivity index (χ4v) is 4.54. The number of nitrogens with zero attached hydrogens (tertiary/aromatic N) is 2. The summed E-state index contributed by atoms with van der Waals surface area (Å²) in [6, 6.07) is 17.8. The van der Waals surface area contributed by atoms with Crippen molar-refractivity contribution >= 4 is 39.4 Å². The van der Waals surface area contributed by atoms with E-state index in [1.807, 2.05) is 38.4 Å². The molecule has 5 rings (SSSR count). The second kappa shape index (κ2) is 10.6. The molecule has 0 atom stereocenters. The number of aromatic amines is 1. The number of carbonyl (C=O) groups is 1. The van der Waals surface area contributed by atoms with E-state index < -0.39 is 0 Å². The third-order valence-electron chi connectivity index (χ3n) is 6.21. The van der Waals surface area contributed by atoms with E-state index in [2.05, 4.69) is 44.1 Å². The van der Waals surface area contributed by atoms with Gasteiger partial charge >= 0.3 is 0 Å². The minimum absolute atomic E-state index is 0.198. The summed E-state index contributed by atoms with van der Waals surface area (Å²) < 4.78 is 13.4. The van der Waals surface area contributed by atoms with Crippen molar-refractivity contribution in [3.05, 3.63) is 76.9 Å². The fourth-order valence-electron chi connectivity index (χ4n) is 4.26. The lowest BCUT2D eigenvalue weighted by atomic mass is 10.0. The standard InChI is InChI=1S/C28H28ClN5O3/c1-17-3-5-20(14-21(17)27(35)31-9-12-36-11-8-30)37-28-32-24-15-22(23(29)16-25(24)33-28)18-4-6-26-19(13-18)7-10-34(26)2/h3-7,10,13-16H,8-9,11-12,30H2,1-2H3,(H,31,35)(H,32,33). The van der Waals surface area contributed by atoms with Crippen molar-refractivity contribution in [3.8, 4) is 22.9 Å². The molecule has 0 aliphatic rings. The van der Waals surface area contributed by atoms with Crippen LogP contribution in [0.15, 0.2) is 60.8 Å². The van der Waals surface area contributed by atoms with E-state index in [4.69, 9.17) is 26.8 Å². The number of ether oxygens (including phenoxy) is 2. The Balaban J connectivity index is 1.36. The Hall–Kier alpha value is -3.85. The zero-order chi connectivity index (χ0) is 25.9. The molecule has 0 aliphatic carbocycles. The molecule has 2 aromatic heterocycles. The second-order valence-electron chi connectivity index (χ2n) is 8.83. The predicted molar refractivity (Wildman–Crippen MR) is 146 cm³/mol. The number of benzene rings is 3. The summed E-state index contributed by atoms with van der Waals surface area (Å²) in [5, 5.41) is 4.61. The van der Waals surface area contributed by atoms with Gasteiger partial charge in [-0.1, -0.05) is 23.7 Å². The molecule has 0 fully saturated rings. The van der Waals surface area contributed by atoms with Gasteiger partial charge in [0.2, 0.25) is 0 Å². The molecule has 0 unspecified atom stereocenters. The summed E-state index contributed by atoms with van der Waals surface area (Å²) in [4.78, 5) is 20.4. The van der Waals surface area contributed by atoms with E-state index in [1.165, 1.54) is 0 Å². The molecule has 37 heavy (non-hydrogen) atoms. The number of H-pyrrole nitrogens is 1. The molecule has 0 radical (unpaired) electrons. The maximum absolute atomic E-state index is 12.7. The largest absolute Gasteiger partial charge is 0.426 e. The highest BCUT2D eigenvalue weighted by Crippen LogP contribution is 2.34. The van der Waals surface area contributed by atoms with Crippen LogP contribution in [0.3, 0.4) is 0 Å². The molecule has 0 saturated heterocycles. The van der Waals surface area contributed by atoms with E-state index >= 15 is 0 Å². The molecule has 4 N–H and O–H groups in total. The molecular weight excluding hydrogens is 490 g/mol. The van der Waals surface area contributed by atoms with Crippen LogP contribution in [0.1, 0.15) is 15.9 Å². The van der Waals surface area contributed by atoms with Gasteiger partial charge in [0, 0.05) is 48.4 Å². The number of imidazole rings is 1. The summed E-state index contributed by atoms with van der Waals surface area (Å²) >= 11 is 6.65. The fraction of sp³-hybridized carbons (Fsp3) is 0.214. The number of halogens is 1. The van der Waals surface area contributed by atoms with Crippen LogP contribution >= 0.6 is 11.6 Å². The van der Waals surface area contributed by atoms with Crippen LogP contribution in [-0.4, -0.2) is 46.7 Å². The molecule has 5 aromatic rings. The molecular formula is C28H28ClN5O3. The maximum Gasteiger partial charge on any atom is 0.300 e. The summed E-state index contributed by atoms with van der Waals surface area (Å²) in [6.45, 7) is 3.59. The lowest BCUT2D eigenvalue weighted by Gasteiger charge is -2.10. The van der Waals surface area contributed by atoms with Crippen molar-refractivity contribution in [1.29, 1.82) is 0 Å². The van der Waals surface area contributed by atoms with Crippen molar-refractivity contribution in [2.75, 3.05) is 26.3 Å². The normalized spacial score (nSPS) is 11.4. The lowest BCUT2D eigenvalue weighted by molar-refractivity contribution is 0.0919. The van der Waals surface area contributed by atoms with Gasteiger partial charge < -0.3 is 30.1 Å². The van der Waals surface area contributed by atoms with Gasteiger partial charge in [-0.2, -0.15) is 4.98 Å². The summed E-state index contributed by atoms with van der Waals surface area (Å²) in [7, 11) is 2.02. The minimum atomic E-state index is -0.198. The van der Waals surface area contributed by atoms with Gasteiger partial charge in [-0.25, -0.2) is 0 Å². The number of aryl methyl sites for hydroxylation is 2. The number of rotatable bonds is 9. The van der Waals surface area contributed by atoms with Crippen molar-refractivity contribution in [1.82, 2.24) is 19.9 Å². The van der Waals surface area contributed by atoms with Crippen LogP contribution in [0.5, 0.6) is 11.8 Å². The highest BCUT2D eigenvalue weighted by atomic mass is 35.5. The minimum Gasteiger partial charge on any atom is -0.426 e. The SMILES string of the molecule is Cc1ccc(Oc2nc3cc(-c4ccc5c(ccn5C)c4)c(Cl)cc3[nH]2)cc1C(=O)NCCOCCN. The Kier molecular flexibility index (Phi) is 7.14. The molecule has 8 nitrogen and oxygen atoms in total. The average Bonchev–Trinajstić information content (AvgIpc) is 3.46. The molecule has 190 valence electrons. The van der Waals surface area contributed by atoms with Gasteiger partial charge in [-0.15, -0.1) is 0 Å². The zero-order valence-corrected chi connectivity index (χ0v) is 21.4. The first kappa shape index (κ1) is 24.8. The van der Waals surface area contributed by atoms with Crippen molar-refractivity contribution in [2.24, 2.45) is 12.8 Å². The maximum atomic E-state index is 12.7. The molecule has 0 spiro atoms. The number of hydrogen-bond donors (Lipinski definition) is 3. The highest BCUT2D eigenvalue weighted by molar-refractivity contribution is 6.34. The average molecular weight is 518 g/mol. The van der Waals surface area contributed by atoms with Crippen molar-refractivity contribution in [2.45, 2.75) is 6.92 Å². The summed E-state index contributed by atoms with van der Waals surface area (Å²) in [5.41, 5.74) is 11.3. The van der Waals surface area contributed by atoms with Gasteiger partial charge in [0.1, 0.15) is 5.75 Å². The van der Waals surface area contributed by atoms with Crippen LogP contribution in [0.4, 0.5) is 0 Å². The molecule has 0 bridgehead atoms. The monoisotopic (exact) mass is 517 g/mol. The number of fused-ring (bicyclic) bond motifs is 2. The van der Waals surface area contributed by atoms with Crippen molar-refractivity contribution in [3.63, 3.8) is 0 Å². The van der Waals surface area contributed by atoms with E-state index in [0.29, 0.717) is 48.6 Å². The molecule has 1 amide bonds. The van der Waals surface area contributed by atoms with Crippen molar-refractivity contribution < 1.29 is 14.3 Å². The van der Waals surface area contributed by atoms with E-state index in [-0.39, 0.29) is 5.91 Å². The van der Waals surface area contributed by atoms with E-state index in [0.717, 1.165) is 38.6 Å². The number of nitrogens with one attached hydrogen (secondary N) is 2. The second-order valence-corrected chi connectivity index (χ2v) is 9.23. The summed E-state index contributed by atoms with van der Waals surface area (Å²) in [5.74, 6) is 0.297. The first-order valence-corrected chi connectivity index (χ1v) is 12.4. The predicted octanol–water partition coefficient (Wildman–Crippen LogP) is 5.18. The molecule has 3 aromatic carbocycles. The van der Waals surface area contributed by atoms with Gasteiger partial charge in [0.05, 0.1) is 29.3 Å². The Labute approximate surface area is 219 Å². The Bertz CT molecular complexity index is 1590. The Morgan fingerprint density at radius 1 is 1.14 bits per heavy atom. The van der Waals surface area contributed by atoms with E-state index in [1.54, 1.807) is 12.1 Å². The first-order chi connectivity index (χ1) is 17.9. The number of carbonyl (C=O) groups excluding carboxylic acids is 1. The zero-order valence-electron chi connectivity index (χ0n) is 20.7. The van der Waals surface area contributed by atoms with Crippen LogP contribution in [0.25, 0.3) is 33.1 Å². The van der Waals surface area contributed by atoms with E-state index in [9.17, 15) is 4.79 Å². The number of aromatic nitrogens is 3. The number of nitrogens with two attached hydrogens (primary N) is 1. The molecule has 9 heteroatoms. The Morgan fingerprint density at radius 3 is 2.84 bits per heavy atom. The smallest absolute Gasteiger partial charge is 0.300 e. The van der Waals surface area contributed by atoms with Crippen LogP contribution in [0, 0.1) is 6.92 Å². The molecule has 0 saturated carbocycles. The van der Waals surface area contributed by atoms with Gasteiger partial charge in [0.15, 0.2) is 0 Å². The third kappa shape index (κ3) is 5.32. The molecule has 0 aliphatic heterocycles. The summed E-state index contributed by atoms with van der Waals surface area (Å²) in [6.07, 6.45) is 2.04. The van der Waals surface area contributed by atoms with Gasteiger partial charge in [-0.3, -0.25) is 4.79 Å². The topological polar surface area (TPSA) is 107 Å². The highest BCUT2D eigenvalue weighted by Gasteiger charge is 2.14. The number of amides is 1. The third-order valence-corrected chi connectivity index (χ3v) is 6.52. The lowest BCUT2D eigenvalue weighted by Crippen LogP contribution is -2.28. The molecule has 2 heterocycles. The van der Waals surface area contributed by atoms with Crippen LogP contribution in [0.2, 0.25) is 5.02 Å². The number of hydrogen-bond acceptors (Lipinski definition) is 5. The van der Waals surface area contributed by atoms with Gasteiger partial charge in [-0.05, 0) is 60.5 Å². The van der Waals surface area contributed by atoms with Gasteiger partial charge in [0.25, 0.3) is 11.9 Å². The quantitative estimate of drug-likeness (QED) is 0.233.